The molecule has 13 nitrogen and oxygen atoms in total. The Kier molecular flexibility index (Phi) is 13.2. The number of alkyl halides is 3. The number of carboxylic acid groups (broad SMARTS) is 1. The van der Waals surface area contributed by atoms with Gasteiger partial charge in [0.05, 0.1) is 17.6 Å². The zero-order chi connectivity index (χ0) is 38.8. The molecule has 0 bridgehead atoms. The number of hydrogen-bond acceptors (Lipinski definition) is 12. The van der Waals surface area contributed by atoms with Gasteiger partial charge in [-0.2, -0.15) is 13.2 Å². The zero-order valence-electron chi connectivity index (χ0n) is 29.0. The summed E-state index contributed by atoms with van der Waals surface area (Å²) in [7, 11) is 1.93. The van der Waals surface area contributed by atoms with E-state index in [1.807, 2.05) is 27.0 Å². The molecule has 7 atom stereocenters. The second kappa shape index (κ2) is 16.5. The normalized spacial score (nSPS) is 24.7. The predicted molar refractivity (Wildman–Crippen MR) is 180 cm³/mol. The second-order valence-corrected chi connectivity index (χ2v) is 13.0. The van der Waals surface area contributed by atoms with Crippen LogP contribution in [0.2, 0.25) is 0 Å². The highest BCUT2D eigenvalue weighted by molar-refractivity contribution is 5.88. The number of rotatable bonds is 9. The van der Waals surface area contributed by atoms with E-state index in [4.69, 9.17) is 23.7 Å². The van der Waals surface area contributed by atoms with Crippen molar-refractivity contribution >= 4 is 30.2 Å². The van der Waals surface area contributed by atoms with E-state index < -0.39 is 71.6 Å². The van der Waals surface area contributed by atoms with Crippen molar-refractivity contribution in [1.29, 1.82) is 0 Å². The highest BCUT2D eigenvalue weighted by Gasteiger charge is 2.69. The maximum atomic E-state index is 13.7. The van der Waals surface area contributed by atoms with Gasteiger partial charge in [0, 0.05) is 36.1 Å². The van der Waals surface area contributed by atoms with Crippen LogP contribution < -0.4 is 4.74 Å². The number of esters is 3. The van der Waals surface area contributed by atoms with Crippen LogP contribution in [0.15, 0.2) is 54.3 Å². The number of aldehydes is 1. The molecule has 2 heterocycles. The summed E-state index contributed by atoms with van der Waals surface area (Å²) in [6, 6.07) is 11.1. The van der Waals surface area contributed by atoms with Crippen LogP contribution in [0.4, 0.5) is 13.2 Å². The van der Waals surface area contributed by atoms with Crippen LogP contribution in [0.25, 0.3) is 0 Å². The maximum absolute atomic E-state index is 13.7. The highest BCUT2D eigenvalue weighted by atomic mass is 19.4. The summed E-state index contributed by atoms with van der Waals surface area (Å²) in [6.45, 7) is 6.50. The molecule has 3 aliphatic rings. The smallest absolute Gasteiger partial charge is 0.446 e. The van der Waals surface area contributed by atoms with Crippen LogP contribution in [-0.4, -0.2) is 94.0 Å². The molecule has 0 saturated carbocycles. The van der Waals surface area contributed by atoms with Crippen LogP contribution in [0, 0.1) is 12.8 Å². The summed E-state index contributed by atoms with van der Waals surface area (Å²) in [5.74, 6) is -5.42. The first kappa shape index (κ1) is 42.6. The van der Waals surface area contributed by atoms with E-state index in [1.54, 1.807) is 30.3 Å². The fraction of sp³-hybridized carbons (Fsp3) is 0.486. The average molecular weight is 752 g/mol. The lowest BCUT2D eigenvalue weighted by molar-refractivity contribution is -0.183. The van der Waals surface area contributed by atoms with E-state index >= 15 is 0 Å². The number of ether oxygens (including phenoxy) is 4. The van der Waals surface area contributed by atoms with Crippen molar-refractivity contribution in [3.05, 3.63) is 76.6 Å². The molecule has 53 heavy (non-hydrogen) atoms. The molecular formula is C37H44F3NO12. The highest BCUT2D eigenvalue weighted by Crippen LogP contribution is 2.61. The fourth-order valence-corrected chi connectivity index (χ4v) is 7.14. The maximum Gasteiger partial charge on any atom is 0.446 e. The van der Waals surface area contributed by atoms with E-state index in [1.165, 1.54) is 19.1 Å². The average Bonchev–Trinajstić information content (AvgIpc) is 3.46. The molecule has 1 fully saturated rings. The van der Waals surface area contributed by atoms with E-state index in [0.29, 0.717) is 24.3 Å². The van der Waals surface area contributed by atoms with E-state index in [-0.39, 0.29) is 37.8 Å². The van der Waals surface area contributed by atoms with E-state index in [2.05, 4.69) is 4.90 Å². The van der Waals surface area contributed by atoms with Gasteiger partial charge in [-0.15, -0.1) is 0 Å². The van der Waals surface area contributed by atoms with Crippen LogP contribution in [0.5, 0.6) is 5.75 Å². The molecule has 2 aliphatic heterocycles. The molecule has 5 rings (SSSR count). The number of carbonyl (C=O) groups is 5. The van der Waals surface area contributed by atoms with Crippen molar-refractivity contribution in [3.8, 4) is 5.75 Å². The Hall–Kier alpha value is -4.80. The van der Waals surface area contributed by atoms with Crippen molar-refractivity contribution in [2.75, 3.05) is 13.6 Å². The minimum atomic E-state index is -4.64. The van der Waals surface area contributed by atoms with Gasteiger partial charge >= 0.3 is 30.1 Å². The number of aliphatic hydroxyl groups is 2. The summed E-state index contributed by atoms with van der Waals surface area (Å²) >= 11 is 0. The Morgan fingerprint density at radius 2 is 1.72 bits per heavy atom. The van der Waals surface area contributed by atoms with Crippen molar-refractivity contribution in [2.45, 2.75) is 96.1 Å². The third kappa shape index (κ3) is 8.24. The van der Waals surface area contributed by atoms with Gasteiger partial charge in [-0.25, -0.2) is 9.59 Å². The first-order chi connectivity index (χ1) is 24.3. The molecule has 16 heteroatoms. The summed E-state index contributed by atoms with van der Waals surface area (Å²) in [5.41, 5.74) is -0.0491. The second-order valence-electron chi connectivity index (χ2n) is 13.0. The molecular weight excluding hydrogens is 707 g/mol. The number of aryl methyl sites for hydroxylation is 1. The first-order valence-corrected chi connectivity index (χ1v) is 16.3. The van der Waals surface area contributed by atoms with Crippen molar-refractivity contribution in [2.24, 2.45) is 5.92 Å². The molecule has 1 aliphatic carbocycles. The van der Waals surface area contributed by atoms with Gasteiger partial charge < -0.3 is 39.2 Å². The molecule has 2 aromatic rings. The summed E-state index contributed by atoms with van der Waals surface area (Å²) in [5, 5.41) is 32.3. The fourth-order valence-electron chi connectivity index (χ4n) is 7.14. The molecule has 0 radical (unpaired) electrons. The number of fused-ring (bicyclic) bond motifs is 1. The van der Waals surface area contributed by atoms with Crippen molar-refractivity contribution in [3.63, 3.8) is 0 Å². The summed E-state index contributed by atoms with van der Waals surface area (Å²) in [4.78, 5) is 61.7. The Balaban J connectivity index is 0.000000997. The zero-order valence-corrected chi connectivity index (χ0v) is 29.0. The number of benzene rings is 2. The number of likely N-dealkylation sites (tertiary alicyclic amines) is 1. The third-order valence-electron chi connectivity index (χ3n) is 9.87. The van der Waals surface area contributed by atoms with Gasteiger partial charge in [0.2, 0.25) is 18.5 Å². The minimum absolute atomic E-state index is 0. The Morgan fingerprint density at radius 1 is 1.09 bits per heavy atom. The van der Waals surface area contributed by atoms with Crippen LogP contribution in [0.1, 0.15) is 69.4 Å². The Morgan fingerprint density at radius 3 is 2.26 bits per heavy atom. The number of hydrogen-bond donors (Lipinski definition) is 3. The molecule has 3 N–H and O–H groups in total. The lowest BCUT2D eigenvalue weighted by atomic mass is 9.54. The van der Waals surface area contributed by atoms with Crippen LogP contribution in [-0.2, 0) is 50.2 Å². The monoisotopic (exact) mass is 751 g/mol. The number of piperidine rings is 1. The summed E-state index contributed by atoms with van der Waals surface area (Å²) < 4.78 is 54.1. The molecule has 290 valence electrons. The first-order valence-electron chi connectivity index (χ1n) is 16.3. The van der Waals surface area contributed by atoms with Gasteiger partial charge in [-0.3, -0.25) is 14.4 Å². The number of aliphatic hydroxyl groups excluding tert-OH is 1. The van der Waals surface area contributed by atoms with Gasteiger partial charge in [-0.1, -0.05) is 49.9 Å². The molecule has 1 spiro atoms. The largest absolute Gasteiger partial charge is 0.481 e. The standard InChI is InChI=1S/C34H39NO11.C2HF3O.CH4/c1-18-11-12-23(17-36)27-25(18)33-15-16-35(5)20(3)34(33,42)14-13-24(29(33)45-27)44-31(40)19(2)26(43-21(4)37)32(41)46-28(30(38)39)22-9-7-6-8-10-22;3-2(4,5)1-6;/h6-13,19-20,26,28-29,36,42H,14-17H2,1-5H3,(H,38,39);1H;1H4/t19-,20-,26-,28+,29+,33+,34-;;/m1../s1. The number of carboxylic acids is 1. The SMILES string of the molecule is C.CC(=O)O[C@@H](C(=O)O[C@H](C(=O)O)c1ccccc1)[C@@H](C)C(=O)OC1=CC[C@@]2(O)[C@@H](C)N(C)CC[C@@]23c2c(C)ccc(CO)c2O[C@@H]13.O=CC(F)(F)F. The molecule has 0 aromatic heterocycles. The predicted octanol–water partition coefficient (Wildman–Crippen LogP) is 4.09. The van der Waals surface area contributed by atoms with Gasteiger partial charge in [-0.05, 0) is 52.4 Å². The van der Waals surface area contributed by atoms with Gasteiger partial charge in [0.25, 0.3) is 0 Å². The van der Waals surface area contributed by atoms with E-state index in [0.717, 1.165) is 18.1 Å². The Bertz CT molecular complexity index is 1730. The van der Waals surface area contributed by atoms with Crippen LogP contribution in [0.3, 0.4) is 0 Å². The molecule has 0 amide bonds. The van der Waals surface area contributed by atoms with Crippen molar-refractivity contribution in [1.82, 2.24) is 4.90 Å². The van der Waals surface area contributed by atoms with Crippen molar-refractivity contribution < 1.29 is 71.4 Å². The van der Waals surface area contributed by atoms with E-state index in [9.17, 15) is 47.7 Å². The van der Waals surface area contributed by atoms with Gasteiger partial charge in [0.15, 0.2) is 6.10 Å². The molecule has 1 saturated heterocycles. The summed E-state index contributed by atoms with van der Waals surface area (Å²) in [6.07, 6.45) is -8.02. The molecule has 2 aromatic carbocycles. The quantitative estimate of drug-likeness (QED) is 0.189. The molecule has 0 unspecified atom stereocenters. The lowest BCUT2D eigenvalue weighted by Gasteiger charge is -2.58. The minimum Gasteiger partial charge on any atom is -0.481 e. The number of halogens is 3. The number of aliphatic carboxylic acids is 1. The topological polar surface area (TPSA) is 186 Å². The number of carbonyl (C=O) groups excluding carboxylic acids is 4. The van der Waals surface area contributed by atoms with Gasteiger partial charge in [0.1, 0.15) is 17.4 Å². The Labute approximate surface area is 304 Å². The lowest BCUT2D eigenvalue weighted by Crippen LogP contribution is -2.71. The number of nitrogens with zero attached hydrogens (tertiary/aromatic N) is 1. The third-order valence-corrected chi connectivity index (χ3v) is 9.87. The number of likely N-dealkylation sites (N-methyl/N-ethyl adjacent to an activating group) is 1. The van der Waals surface area contributed by atoms with Crippen LogP contribution >= 0.6 is 0 Å².